The molecular formula is C23H34O2. The molecule has 138 valence electrons. The lowest BCUT2D eigenvalue weighted by molar-refractivity contribution is 0.642. The van der Waals surface area contributed by atoms with Gasteiger partial charge >= 0.3 is 0 Å². The molecule has 1 atom stereocenters. The lowest BCUT2D eigenvalue weighted by atomic mass is 9.87. The second-order valence-corrected chi connectivity index (χ2v) is 6.83. The number of hydrogen-bond donors (Lipinski definition) is 0. The molecule has 0 aliphatic heterocycles. The summed E-state index contributed by atoms with van der Waals surface area (Å²) in [4.78, 5) is 23.0. The van der Waals surface area contributed by atoms with Crippen LogP contribution in [0.2, 0.25) is 0 Å². The zero-order valence-electron chi connectivity index (χ0n) is 17.0. The van der Waals surface area contributed by atoms with Gasteiger partial charge in [-0.1, -0.05) is 59.7 Å². The van der Waals surface area contributed by atoms with Crippen LogP contribution in [0, 0.1) is 12.8 Å². The Morgan fingerprint density at radius 1 is 1.04 bits per heavy atom. The summed E-state index contributed by atoms with van der Waals surface area (Å²) < 4.78 is 0. The number of aryl methyl sites for hydroxylation is 1. The Morgan fingerprint density at radius 3 is 2.24 bits per heavy atom. The van der Waals surface area contributed by atoms with Crippen LogP contribution in [-0.4, -0.2) is 0 Å². The summed E-state index contributed by atoms with van der Waals surface area (Å²) in [7, 11) is 0. The molecule has 0 heterocycles. The first-order chi connectivity index (χ1) is 12.0. The van der Waals surface area contributed by atoms with Gasteiger partial charge in [-0.15, -0.1) is 0 Å². The molecule has 2 heteroatoms. The highest BCUT2D eigenvalue weighted by Crippen LogP contribution is 2.36. The first-order valence-electron chi connectivity index (χ1n) is 9.88. The lowest BCUT2D eigenvalue weighted by Crippen LogP contribution is -2.38. The third kappa shape index (κ3) is 4.68. The normalized spacial score (nSPS) is 15.3. The van der Waals surface area contributed by atoms with Crippen LogP contribution < -0.4 is 10.9 Å². The van der Waals surface area contributed by atoms with E-state index in [0.29, 0.717) is 17.4 Å². The molecule has 0 saturated heterocycles. The van der Waals surface area contributed by atoms with Crippen LogP contribution in [0.15, 0.2) is 27.8 Å². The van der Waals surface area contributed by atoms with E-state index >= 15 is 0 Å². The molecule has 0 saturated carbocycles. The van der Waals surface area contributed by atoms with Gasteiger partial charge < -0.3 is 0 Å². The predicted molar refractivity (Wildman–Crippen MR) is 109 cm³/mol. The molecule has 2 aromatic carbocycles. The van der Waals surface area contributed by atoms with Crippen molar-refractivity contribution < 1.29 is 0 Å². The molecule has 2 nitrogen and oxygen atoms in total. The highest BCUT2D eigenvalue weighted by molar-refractivity contribution is 5.41. The van der Waals surface area contributed by atoms with E-state index in [2.05, 4.69) is 32.0 Å². The van der Waals surface area contributed by atoms with Crippen molar-refractivity contribution in [2.75, 3.05) is 0 Å². The van der Waals surface area contributed by atoms with Crippen LogP contribution >= 0.6 is 0 Å². The SMILES string of the molecule is CC.CC.Cc1c(CC2CCc3ccc(CC(C)C)cc32)c(=O)c1=O. The van der Waals surface area contributed by atoms with E-state index in [1.165, 1.54) is 16.7 Å². The zero-order chi connectivity index (χ0) is 19.1. The summed E-state index contributed by atoms with van der Waals surface area (Å²) in [6.45, 7) is 14.2. The van der Waals surface area contributed by atoms with Crippen LogP contribution in [0.3, 0.4) is 0 Å². The van der Waals surface area contributed by atoms with E-state index in [1.807, 2.05) is 27.7 Å². The van der Waals surface area contributed by atoms with Crippen molar-refractivity contribution in [1.82, 2.24) is 0 Å². The zero-order valence-corrected chi connectivity index (χ0v) is 17.0. The second-order valence-electron chi connectivity index (χ2n) is 6.83. The van der Waals surface area contributed by atoms with Gasteiger partial charge in [0.1, 0.15) is 0 Å². The number of benzene rings is 1. The minimum atomic E-state index is -0.281. The fourth-order valence-corrected chi connectivity index (χ4v) is 3.59. The van der Waals surface area contributed by atoms with Crippen LogP contribution in [-0.2, 0) is 19.3 Å². The fraction of sp³-hybridized carbons (Fsp3) is 0.565. The van der Waals surface area contributed by atoms with Gasteiger partial charge in [-0.3, -0.25) is 9.59 Å². The molecule has 25 heavy (non-hydrogen) atoms. The molecule has 0 radical (unpaired) electrons. The maximum atomic E-state index is 11.7. The van der Waals surface area contributed by atoms with Gasteiger partial charge in [0, 0.05) is 11.1 Å². The highest BCUT2D eigenvalue weighted by Gasteiger charge is 2.27. The molecule has 0 N–H and O–H groups in total. The molecule has 3 rings (SSSR count). The minimum Gasteiger partial charge on any atom is -0.285 e. The van der Waals surface area contributed by atoms with Crippen molar-refractivity contribution in [1.29, 1.82) is 0 Å². The van der Waals surface area contributed by atoms with Gasteiger partial charge in [0.2, 0.25) is 10.9 Å². The Balaban J connectivity index is 0.000000730. The third-order valence-electron chi connectivity index (χ3n) is 4.78. The summed E-state index contributed by atoms with van der Waals surface area (Å²) in [5.41, 5.74) is 5.14. The summed E-state index contributed by atoms with van der Waals surface area (Å²) in [5.74, 6) is 1.06. The number of rotatable bonds is 4. The van der Waals surface area contributed by atoms with Gasteiger partial charge in [-0.05, 0) is 61.1 Å². The average Bonchev–Trinajstić information content (AvgIpc) is 3.04. The fourth-order valence-electron chi connectivity index (χ4n) is 3.59. The van der Waals surface area contributed by atoms with Crippen LogP contribution in [0.4, 0.5) is 0 Å². The Labute approximate surface area is 153 Å². The molecule has 0 aromatic heterocycles. The topological polar surface area (TPSA) is 34.1 Å². The van der Waals surface area contributed by atoms with E-state index < -0.39 is 0 Å². The summed E-state index contributed by atoms with van der Waals surface area (Å²) in [6.07, 6.45) is 4.03. The van der Waals surface area contributed by atoms with Crippen molar-refractivity contribution in [2.45, 2.75) is 80.1 Å². The monoisotopic (exact) mass is 342 g/mol. The Bertz CT molecular complexity index is 746. The van der Waals surface area contributed by atoms with Crippen LogP contribution in [0.1, 0.15) is 81.7 Å². The largest absolute Gasteiger partial charge is 0.285 e. The maximum Gasteiger partial charge on any atom is 0.229 e. The van der Waals surface area contributed by atoms with E-state index in [0.717, 1.165) is 31.2 Å². The van der Waals surface area contributed by atoms with E-state index in [-0.39, 0.29) is 10.9 Å². The van der Waals surface area contributed by atoms with E-state index in [4.69, 9.17) is 0 Å². The third-order valence-corrected chi connectivity index (χ3v) is 4.78. The molecule has 0 fully saturated rings. The van der Waals surface area contributed by atoms with Crippen molar-refractivity contribution in [3.05, 3.63) is 66.5 Å². The van der Waals surface area contributed by atoms with Crippen molar-refractivity contribution in [3.8, 4) is 0 Å². The first-order valence-corrected chi connectivity index (χ1v) is 9.88. The predicted octanol–water partition coefficient (Wildman–Crippen LogP) is 5.11. The van der Waals surface area contributed by atoms with Gasteiger partial charge in [0.05, 0.1) is 0 Å². The van der Waals surface area contributed by atoms with Gasteiger partial charge in [-0.2, -0.15) is 0 Å². The Morgan fingerprint density at radius 2 is 1.68 bits per heavy atom. The van der Waals surface area contributed by atoms with Crippen molar-refractivity contribution in [3.63, 3.8) is 0 Å². The van der Waals surface area contributed by atoms with Gasteiger partial charge in [0.15, 0.2) is 0 Å². The van der Waals surface area contributed by atoms with E-state index in [1.54, 1.807) is 6.92 Å². The summed E-state index contributed by atoms with van der Waals surface area (Å²) in [6, 6.07) is 6.82. The molecule has 1 aliphatic carbocycles. The van der Waals surface area contributed by atoms with Gasteiger partial charge in [0.25, 0.3) is 0 Å². The second kappa shape index (κ2) is 9.70. The Hall–Kier alpha value is -1.70. The molecule has 1 unspecified atom stereocenters. The molecule has 2 aromatic rings. The highest BCUT2D eigenvalue weighted by atomic mass is 16.2. The van der Waals surface area contributed by atoms with Gasteiger partial charge in [-0.25, -0.2) is 0 Å². The van der Waals surface area contributed by atoms with E-state index in [9.17, 15) is 9.59 Å². The van der Waals surface area contributed by atoms with Crippen LogP contribution in [0.25, 0.3) is 0 Å². The first kappa shape index (κ1) is 21.3. The molecule has 1 aliphatic rings. The standard InChI is InChI=1S/C19H22O2.2C2H6/c1-11(2)8-13-4-5-14-6-7-15(17(14)9-13)10-16-12(3)18(20)19(16)21;2*1-2/h4-5,9,11,15H,6-8,10H2,1-3H3;2*1-2H3. The van der Waals surface area contributed by atoms with Crippen molar-refractivity contribution >= 4 is 0 Å². The summed E-state index contributed by atoms with van der Waals surface area (Å²) >= 11 is 0. The smallest absolute Gasteiger partial charge is 0.229 e. The molecular weight excluding hydrogens is 308 g/mol. The van der Waals surface area contributed by atoms with Crippen LogP contribution in [0.5, 0.6) is 0 Å². The molecule has 0 amide bonds. The maximum absolute atomic E-state index is 11.7. The average molecular weight is 343 g/mol. The quantitative estimate of drug-likeness (QED) is 0.723. The molecule has 0 spiro atoms. The Kier molecular flexibility index (Phi) is 8.28. The summed E-state index contributed by atoms with van der Waals surface area (Å²) in [5, 5.41) is 0. The number of fused-ring (bicyclic) bond motifs is 1. The minimum absolute atomic E-state index is 0.251. The molecule has 0 bridgehead atoms. The lowest BCUT2D eigenvalue weighted by Gasteiger charge is -2.15. The van der Waals surface area contributed by atoms with Crippen molar-refractivity contribution in [2.24, 2.45) is 5.92 Å². The number of hydrogen-bond acceptors (Lipinski definition) is 2.